The predicted molar refractivity (Wildman–Crippen MR) is 98.3 cm³/mol. The summed E-state index contributed by atoms with van der Waals surface area (Å²) in [5, 5.41) is 5.16. The highest BCUT2D eigenvalue weighted by molar-refractivity contribution is 8.01. The van der Waals surface area contributed by atoms with Gasteiger partial charge in [-0.2, -0.15) is 0 Å². The first kappa shape index (κ1) is 17.0. The van der Waals surface area contributed by atoms with Crippen LogP contribution in [0.3, 0.4) is 0 Å². The molecule has 0 saturated carbocycles. The maximum atomic E-state index is 13.5. The number of carbonyl (C=O) groups excluding carboxylic acids is 1. The van der Waals surface area contributed by atoms with E-state index in [0.29, 0.717) is 5.02 Å². The van der Waals surface area contributed by atoms with Crippen molar-refractivity contribution >= 4 is 46.3 Å². The molecule has 0 aliphatic rings. The van der Waals surface area contributed by atoms with Crippen molar-refractivity contribution in [1.82, 2.24) is 4.98 Å². The molecule has 2 aromatic carbocycles. The van der Waals surface area contributed by atoms with E-state index >= 15 is 0 Å². The quantitative estimate of drug-likeness (QED) is 0.610. The number of anilines is 1. The molecule has 0 aliphatic heterocycles. The second-order valence-corrected chi connectivity index (χ2v) is 7.34. The molecular weight excluding hydrogens is 367 g/mol. The third kappa shape index (κ3) is 4.35. The van der Waals surface area contributed by atoms with E-state index in [0.717, 1.165) is 15.6 Å². The molecule has 7 heteroatoms. The number of thioether (sulfide) groups is 1. The fourth-order valence-corrected chi connectivity index (χ4v) is 3.71. The van der Waals surface area contributed by atoms with Crippen molar-refractivity contribution < 1.29 is 9.18 Å². The average Bonchev–Trinajstić information content (AvgIpc) is 3.05. The third-order valence-corrected chi connectivity index (χ3v) is 5.37. The maximum absolute atomic E-state index is 13.5. The van der Waals surface area contributed by atoms with Gasteiger partial charge in [0.15, 0.2) is 4.34 Å². The Kier molecular flexibility index (Phi) is 5.50. The summed E-state index contributed by atoms with van der Waals surface area (Å²) in [5.74, 6) is -0.550. The molecule has 0 unspecified atom stereocenters. The average molecular weight is 379 g/mol. The van der Waals surface area contributed by atoms with Gasteiger partial charge >= 0.3 is 0 Å². The van der Waals surface area contributed by atoms with Crippen LogP contribution in [0.1, 0.15) is 0 Å². The molecule has 24 heavy (non-hydrogen) atoms. The molecule has 0 spiro atoms. The van der Waals surface area contributed by atoms with Gasteiger partial charge in [0.1, 0.15) is 5.82 Å². The van der Waals surface area contributed by atoms with Gasteiger partial charge in [-0.1, -0.05) is 47.6 Å². The van der Waals surface area contributed by atoms with Crippen LogP contribution >= 0.6 is 34.7 Å². The Balaban J connectivity index is 1.58. The molecule has 1 amide bonds. The SMILES string of the molecule is O=C(CSc1nc(-c2ccc(Cl)cc2)cs1)Nc1ccccc1F. The molecule has 0 saturated heterocycles. The maximum Gasteiger partial charge on any atom is 0.234 e. The van der Waals surface area contributed by atoms with E-state index in [1.54, 1.807) is 12.1 Å². The summed E-state index contributed by atoms with van der Waals surface area (Å²) in [6, 6.07) is 13.5. The second kappa shape index (κ2) is 7.79. The first-order valence-electron chi connectivity index (χ1n) is 7.00. The Morgan fingerprint density at radius 1 is 1.21 bits per heavy atom. The van der Waals surface area contributed by atoms with Crippen LogP contribution in [0.4, 0.5) is 10.1 Å². The number of nitrogens with one attached hydrogen (secondary N) is 1. The highest BCUT2D eigenvalue weighted by atomic mass is 35.5. The van der Waals surface area contributed by atoms with Crippen LogP contribution in [0, 0.1) is 5.82 Å². The normalized spacial score (nSPS) is 10.6. The van der Waals surface area contributed by atoms with Gasteiger partial charge < -0.3 is 5.32 Å². The van der Waals surface area contributed by atoms with Gasteiger partial charge in [0.2, 0.25) is 5.91 Å². The molecule has 0 fully saturated rings. The lowest BCUT2D eigenvalue weighted by atomic mass is 10.2. The summed E-state index contributed by atoms with van der Waals surface area (Å²) in [5.41, 5.74) is 2.00. The molecular formula is C17H12ClFN2OS2. The number of carbonyl (C=O) groups is 1. The summed E-state index contributed by atoms with van der Waals surface area (Å²) >= 11 is 8.66. The standard InChI is InChI=1S/C17H12ClFN2OS2/c18-12-7-5-11(6-8-12)15-9-23-17(21-15)24-10-16(22)20-14-4-2-1-3-13(14)19/h1-9H,10H2,(H,20,22). The van der Waals surface area contributed by atoms with Crippen LogP contribution in [-0.4, -0.2) is 16.6 Å². The molecule has 0 aliphatic carbocycles. The Bertz CT molecular complexity index is 852. The molecule has 0 atom stereocenters. The number of amides is 1. The number of hydrogen-bond acceptors (Lipinski definition) is 4. The number of rotatable bonds is 5. The van der Waals surface area contributed by atoms with Crippen LogP contribution in [-0.2, 0) is 4.79 Å². The molecule has 3 rings (SSSR count). The first-order chi connectivity index (χ1) is 11.6. The lowest BCUT2D eigenvalue weighted by molar-refractivity contribution is -0.113. The lowest BCUT2D eigenvalue weighted by Gasteiger charge is -2.04. The van der Waals surface area contributed by atoms with Gasteiger partial charge in [-0.15, -0.1) is 11.3 Å². The Labute approximate surface area is 151 Å². The molecule has 1 heterocycles. The second-order valence-electron chi connectivity index (χ2n) is 4.82. The van der Waals surface area contributed by atoms with Crippen molar-refractivity contribution in [2.45, 2.75) is 4.34 Å². The zero-order valence-corrected chi connectivity index (χ0v) is 14.7. The highest BCUT2D eigenvalue weighted by Crippen LogP contribution is 2.29. The van der Waals surface area contributed by atoms with Gasteiger partial charge in [0.25, 0.3) is 0 Å². The molecule has 0 radical (unpaired) electrons. The molecule has 3 nitrogen and oxygen atoms in total. The molecule has 1 aromatic heterocycles. The summed E-state index contributed by atoms with van der Waals surface area (Å²) in [4.78, 5) is 16.4. The van der Waals surface area contributed by atoms with E-state index in [9.17, 15) is 9.18 Å². The van der Waals surface area contributed by atoms with Crippen molar-refractivity contribution in [1.29, 1.82) is 0 Å². The Morgan fingerprint density at radius 3 is 2.71 bits per heavy atom. The fourth-order valence-electron chi connectivity index (χ4n) is 1.95. The number of thiazole rings is 1. The third-order valence-electron chi connectivity index (χ3n) is 3.10. The smallest absolute Gasteiger partial charge is 0.234 e. The van der Waals surface area contributed by atoms with Crippen LogP contribution < -0.4 is 5.32 Å². The fraction of sp³-hybridized carbons (Fsp3) is 0.0588. The first-order valence-corrected chi connectivity index (χ1v) is 9.25. The Hall–Kier alpha value is -1.89. The van der Waals surface area contributed by atoms with Crippen molar-refractivity contribution in [2.24, 2.45) is 0 Å². The predicted octanol–water partition coefficient (Wildman–Crippen LogP) is 5.33. The van der Waals surface area contributed by atoms with Gasteiger partial charge in [0, 0.05) is 16.0 Å². The van der Waals surface area contributed by atoms with Crippen molar-refractivity contribution in [3.63, 3.8) is 0 Å². The topological polar surface area (TPSA) is 42.0 Å². The minimum absolute atomic E-state index is 0.169. The van der Waals surface area contributed by atoms with Crippen LogP contribution in [0.15, 0.2) is 58.3 Å². The number of halogens is 2. The minimum atomic E-state index is -0.449. The number of para-hydroxylation sites is 1. The van der Waals surface area contributed by atoms with Gasteiger partial charge in [-0.05, 0) is 24.3 Å². The van der Waals surface area contributed by atoms with Crippen LogP contribution in [0.25, 0.3) is 11.3 Å². The number of nitrogens with zero attached hydrogens (tertiary/aromatic N) is 1. The number of benzene rings is 2. The van der Waals surface area contributed by atoms with Gasteiger partial charge in [-0.3, -0.25) is 4.79 Å². The van der Waals surface area contributed by atoms with E-state index in [4.69, 9.17) is 11.6 Å². The monoisotopic (exact) mass is 378 g/mol. The zero-order valence-electron chi connectivity index (χ0n) is 12.3. The molecule has 0 bridgehead atoms. The van der Waals surface area contributed by atoms with E-state index in [1.807, 2.05) is 29.6 Å². The summed E-state index contributed by atoms with van der Waals surface area (Å²) in [6.45, 7) is 0. The number of hydrogen-bond donors (Lipinski definition) is 1. The van der Waals surface area contributed by atoms with Crippen molar-refractivity contribution in [3.8, 4) is 11.3 Å². The van der Waals surface area contributed by atoms with E-state index in [1.165, 1.54) is 35.2 Å². The molecule has 122 valence electrons. The largest absolute Gasteiger partial charge is 0.323 e. The van der Waals surface area contributed by atoms with Crippen molar-refractivity contribution in [3.05, 3.63) is 64.8 Å². The number of aromatic nitrogens is 1. The van der Waals surface area contributed by atoms with E-state index in [2.05, 4.69) is 10.3 Å². The van der Waals surface area contributed by atoms with Crippen LogP contribution in [0.2, 0.25) is 5.02 Å². The van der Waals surface area contributed by atoms with Crippen LogP contribution in [0.5, 0.6) is 0 Å². The summed E-state index contributed by atoms with van der Waals surface area (Å²) in [6.07, 6.45) is 0. The van der Waals surface area contributed by atoms with E-state index in [-0.39, 0.29) is 17.3 Å². The lowest BCUT2D eigenvalue weighted by Crippen LogP contribution is -2.14. The minimum Gasteiger partial charge on any atom is -0.323 e. The molecule has 3 aromatic rings. The summed E-state index contributed by atoms with van der Waals surface area (Å²) in [7, 11) is 0. The summed E-state index contributed by atoms with van der Waals surface area (Å²) < 4.78 is 14.3. The molecule has 1 N–H and O–H groups in total. The Morgan fingerprint density at radius 2 is 1.96 bits per heavy atom. The van der Waals surface area contributed by atoms with Gasteiger partial charge in [0.05, 0.1) is 17.1 Å². The van der Waals surface area contributed by atoms with Gasteiger partial charge in [-0.25, -0.2) is 9.37 Å². The highest BCUT2D eigenvalue weighted by Gasteiger charge is 2.10. The van der Waals surface area contributed by atoms with E-state index < -0.39 is 5.82 Å². The van der Waals surface area contributed by atoms with Crippen molar-refractivity contribution in [2.75, 3.05) is 11.1 Å². The zero-order chi connectivity index (χ0) is 16.9.